The minimum atomic E-state index is -0.580. The first kappa shape index (κ1) is 60.6. The quantitative estimate of drug-likeness (QED) is 0.0346. The molecule has 364 valence electrons. The highest BCUT2D eigenvalue weighted by atomic mass is 16.6. The zero-order chi connectivity index (χ0) is 46.3. The molecule has 0 aliphatic heterocycles. The Morgan fingerprint density at radius 1 is 0.359 bits per heavy atom. The summed E-state index contributed by atoms with van der Waals surface area (Å²) in [6.07, 6.45) is 74.0. The van der Waals surface area contributed by atoms with Crippen LogP contribution < -0.4 is 0 Å². The fraction of sp³-hybridized carbons (Fsp3) is 0.661. The minimum Gasteiger partial charge on any atom is -0.462 e. The molecule has 0 saturated heterocycles. The summed E-state index contributed by atoms with van der Waals surface area (Å²) in [7, 11) is 0. The van der Waals surface area contributed by atoms with Crippen LogP contribution in [0.15, 0.2) is 109 Å². The average Bonchev–Trinajstić information content (AvgIpc) is 3.30. The van der Waals surface area contributed by atoms with Crippen LogP contribution in [0.3, 0.4) is 0 Å². The monoisotopic (exact) mass is 887 g/mol. The molecule has 0 spiro atoms. The number of ether oxygens (including phenoxy) is 3. The maximum atomic E-state index is 12.8. The molecule has 0 rings (SSSR count). The summed E-state index contributed by atoms with van der Waals surface area (Å²) in [6.45, 7) is 7.54. The molecule has 64 heavy (non-hydrogen) atoms. The van der Waals surface area contributed by atoms with Crippen LogP contribution in [0.25, 0.3) is 0 Å². The molecule has 0 amide bonds. The van der Waals surface area contributed by atoms with Crippen LogP contribution in [0.2, 0.25) is 0 Å². The largest absolute Gasteiger partial charge is 0.462 e. The van der Waals surface area contributed by atoms with Gasteiger partial charge in [0.15, 0.2) is 6.10 Å². The second-order valence-corrected chi connectivity index (χ2v) is 17.0. The Hall–Kier alpha value is -3.44. The number of allylic oxidation sites excluding steroid dienone is 18. The van der Waals surface area contributed by atoms with E-state index >= 15 is 0 Å². The molecule has 1 unspecified atom stereocenters. The summed E-state index contributed by atoms with van der Waals surface area (Å²) in [5.74, 6) is -0.513. The van der Waals surface area contributed by atoms with Gasteiger partial charge in [0, 0.05) is 19.4 Å². The van der Waals surface area contributed by atoms with Crippen molar-refractivity contribution in [2.24, 2.45) is 0 Å². The molecule has 0 aromatic carbocycles. The van der Waals surface area contributed by atoms with E-state index < -0.39 is 6.10 Å². The van der Waals surface area contributed by atoms with Crippen molar-refractivity contribution < 1.29 is 23.8 Å². The van der Waals surface area contributed by atoms with E-state index in [4.69, 9.17) is 14.2 Å². The van der Waals surface area contributed by atoms with Gasteiger partial charge in [-0.25, -0.2) is 0 Å². The van der Waals surface area contributed by atoms with Gasteiger partial charge in [0.1, 0.15) is 6.61 Å². The highest BCUT2D eigenvalue weighted by Crippen LogP contribution is 2.13. The van der Waals surface area contributed by atoms with Crippen molar-refractivity contribution in [1.29, 1.82) is 0 Å². The molecule has 0 saturated carbocycles. The Morgan fingerprint density at radius 3 is 1.25 bits per heavy atom. The van der Waals surface area contributed by atoms with E-state index in [9.17, 15) is 9.59 Å². The molecular weight excluding hydrogens is 789 g/mol. The van der Waals surface area contributed by atoms with Crippen LogP contribution >= 0.6 is 0 Å². The van der Waals surface area contributed by atoms with Crippen LogP contribution in [0, 0.1) is 0 Å². The molecule has 0 aromatic heterocycles. The third kappa shape index (κ3) is 51.2. The summed E-state index contributed by atoms with van der Waals surface area (Å²) < 4.78 is 17.3. The third-order valence-electron chi connectivity index (χ3n) is 10.8. The van der Waals surface area contributed by atoms with E-state index in [-0.39, 0.29) is 25.2 Å². The van der Waals surface area contributed by atoms with Gasteiger partial charge in [0.25, 0.3) is 0 Å². The van der Waals surface area contributed by atoms with Crippen molar-refractivity contribution in [2.75, 3.05) is 19.8 Å². The molecule has 5 heteroatoms. The zero-order valence-corrected chi connectivity index (χ0v) is 41.8. The van der Waals surface area contributed by atoms with Crippen molar-refractivity contribution in [1.82, 2.24) is 0 Å². The molecule has 1 atom stereocenters. The maximum Gasteiger partial charge on any atom is 0.306 e. The van der Waals surface area contributed by atoms with Gasteiger partial charge in [-0.15, -0.1) is 0 Å². The van der Waals surface area contributed by atoms with E-state index in [1.807, 2.05) is 6.08 Å². The normalized spacial score (nSPS) is 13.1. The van der Waals surface area contributed by atoms with Crippen molar-refractivity contribution >= 4 is 11.9 Å². The van der Waals surface area contributed by atoms with Gasteiger partial charge >= 0.3 is 11.9 Å². The van der Waals surface area contributed by atoms with Gasteiger partial charge in [0.2, 0.25) is 0 Å². The predicted octanol–water partition coefficient (Wildman–Crippen LogP) is 18.0. The van der Waals surface area contributed by atoms with E-state index in [1.54, 1.807) is 0 Å². The number of carbonyl (C=O) groups excluding carboxylic acids is 2. The smallest absolute Gasteiger partial charge is 0.306 e. The van der Waals surface area contributed by atoms with Gasteiger partial charge in [-0.05, 0) is 109 Å². The summed E-state index contributed by atoms with van der Waals surface area (Å²) in [5, 5.41) is 0. The van der Waals surface area contributed by atoms with Gasteiger partial charge in [0.05, 0.1) is 6.61 Å². The molecule has 0 radical (unpaired) electrons. The first-order chi connectivity index (χ1) is 31.6. The van der Waals surface area contributed by atoms with Gasteiger partial charge < -0.3 is 14.2 Å². The highest BCUT2D eigenvalue weighted by Gasteiger charge is 2.17. The number of hydrogen-bond donors (Lipinski definition) is 0. The topological polar surface area (TPSA) is 61.8 Å². The van der Waals surface area contributed by atoms with Gasteiger partial charge in [-0.3, -0.25) is 9.59 Å². The minimum absolute atomic E-state index is 0.0338. The summed E-state index contributed by atoms with van der Waals surface area (Å²) >= 11 is 0. The Kier molecular flexibility index (Phi) is 51.0. The summed E-state index contributed by atoms with van der Waals surface area (Å²) in [6, 6.07) is 0. The zero-order valence-electron chi connectivity index (χ0n) is 41.8. The van der Waals surface area contributed by atoms with E-state index in [2.05, 4.69) is 124 Å². The standard InChI is InChI=1S/C59H98O5/c1-4-7-10-13-16-19-22-24-26-28-30-31-33-35-38-40-43-46-49-52-58(60)63-56-57(64-59(61)53-50-47-44-41-37-21-18-15-12-9-6-3)55-62-54-51-48-45-42-39-36-34-32-29-27-25-23-20-17-14-11-8-5-2/h7,10,15-20,24-27,30-31,35,38,43,46,57H,4-6,8-9,11-14,21-23,28-29,32-34,36-37,39-42,44-45,47-56H2,1-3H3/b10-7-,18-15-,19-16-,20-17-,26-24-,27-25-,31-30-,38-35-,46-43-. The Morgan fingerprint density at radius 2 is 0.750 bits per heavy atom. The van der Waals surface area contributed by atoms with E-state index in [1.165, 1.54) is 103 Å². The number of carbonyl (C=O) groups is 2. The molecular formula is C59H98O5. The van der Waals surface area contributed by atoms with Gasteiger partial charge in [-0.1, -0.05) is 214 Å². The van der Waals surface area contributed by atoms with E-state index in [0.717, 1.165) is 83.5 Å². The number of hydrogen-bond acceptors (Lipinski definition) is 5. The first-order valence-electron chi connectivity index (χ1n) is 26.4. The lowest BCUT2D eigenvalue weighted by molar-refractivity contribution is -0.162. The molecule has 0 aliphatic rings. The number of unbranched alkanes of at least 4 members (excludes halogenated alkanes) is 18. The molecule has 0 N–H and O–H groups in total. The van der Waals surface area contributed by atoms with Crippen LogP contribution in [0.4, 0.5) is 0 Å². The maximum absolute atomic E-state index is 12.8. The van der Waals surface area contributed by atoms with Crippen molar-refractivity contribution in [2.45, 2.75) is 232 Å². The lowest BCUT2D eigenvalue weighted by Crippen LogP contribution is -2.30. The Balaban J connectivity index is 4.38. The number of esters is 2. The van der Waals surface area contributed by atoms with Crippen LogP contribution in [0.5, 0.6) is 0 Å². The SMILES string of the molecule is CC/C=C\C/C=C\C/C=C\C/C=C\C/C=C\C/C=C\CCC(=O)OCC(COCCCCCCCCCC/C=C\C/C=C\CCCCC)OC(=O)CCCCCCC/C=C\CCCC. The van der Waals surface area contributed by atoms with Crippen LogP contribution in [-0.2, 0) is 23.8 Å². The van der Waals surface area contributed by atoms with Gasteiger partial charge in [-0.2, -0.15) is 0 Å². The lowest BCUT2D eigenvalue weighted by atomic mass is 10.1. The third-order valence-corrected chi connectivity index (χ3v) is 10.8. The molecule has 0 bridgehead atoms. The number of rotatable bonds is 47. The van der Waals surface area contributed by atoms with Crippen molar-refractivity contribution in [3.63, 3.8) is 0 Å². The second-order valence-electron chi connectivity index (χ2n) is 17.0. The fourth-order valence-corrected chi connectivity index (χ4v) is 6.84. The first-order valence-corrected chi connectivity index (χ1v) is 26.4. The van der Waals surface area contributed by atoms with Crippen LogP contribution in [0.1, 0.15) is 226 Å². The average molecular weight is 887 g/mol. The fourth-order valence-electron chi connectivity index (χ4n) is 6.84. The van der Waals surface area contributed by atoms with Crippen LogP contribution in [-0.4, -0.2) is 37.9 Å². The molecule has 5 nitrogen and oxygen atoms in total. The summed E-state index contributed by atoms with van der Waals surface area (Å²) in [4.78, 5) is 25.3. The molecule has 0 fully saturated rings. The molecule has 0 aromatic rings. The lowest BCUT2D eigenvalue weighted by Gasteiger charge is -2.18. The van der Waals surface area contributed by atoms with E-state index in [0.29, 0.717) is 25.9 Å². The Labute approximate surface area is 395 Å². The predicted molar refractivity (Wildman–Crippen MR) is 279 cm³/mol. The molecule has 0 aliphatic carbocycles. The second kappa shape index (κ2) is 53.9. The van der Waals surface area contributed by atoms with Crippen molar-refractivity contribution in [3.8, 4) is 0 Å². The summed E-state index contributed by atoms with van der Waals surface area (Å²) in [5.41, 5.74) is 0. The highest BCUT2D eigenvalue weighted by molar-refractivity contribution is 5.70. The Bertz CT molecular complexity index is 1280. The van der Waals surface area contributed by atoms with Crippen molar-refractivity contribution in [3.05, 3.63) is 109 Å². The molecule has 0 heterocycles.